The maximum atomic E-state index is 16.3. The highest BCUT2D eigenvalue weighted by molar-refractivity contribution is 6.06. The Morgan fingerprint density at radius 1 is 0.952 bits per heavy atom. The van der Waals surface area contributed by atoms with Crippen LogP contribution in [0, 0.1) is 11.3 Å². The number of aryl methyl sites for hydroxylation is 1. The second-order valence-corrected chi connectivity index (χ2v) is 17.7. The van der Waals surface area contributed by atoms with Crippen molar-refractivity contribution in [3.8, 4) is 5.75 Å². The van der Waals surface area contributed by atoms with Gasteiger partial charge in [0.2, 0.25) is 11.8 Å². The molecule has 9 rings (SSSR count). The molecule has 2 aromatic heterocycles. The zero-order chi connectivity index (χ0) is 44.4. The lowest BCUT2D eigenvalue weighted by molar-refractivity contribution is -0.179. The first-order chi connectivity index (χ1) is 30.0. The van der Waals surface area contributed by atoms with Crippen LogP contribution in [-0.4, -0.2) is 87.3 Å². The summed E-state index contributed by atoms with van der Waals surface area (Å²) in [6, 6.07) is 12.3. The van der Waals surface area contributed by atoms with Gasteiger partial charge in [-0.1, -0.05) is 12.1 Å². The van der Waals surface area contributed by atoms with E-state index in [1.807, 2.05) is 27.9 Å². The Balaban J connectivity index is 0.804. The first kappa shape index (κ1) is 42.5. The molecular weight excluding hydrogens is 828 g/mol. The number of para-hydroxylation sites is 1. The van der Waals surface area contributed by atoms with E-state index < -0.39 is 40.9 Å². The summed E-state index contributed by atoms with van der Waals surface area (Å²) in [4.78, 5) is 55.0. The normalized spacial score (nSPS) is 23.0. The number of benzene rings is 3. The van der Waals surface area contributed by atoms with Crippen LogP contribution in [-0.2, 0) is 22.8 Å². The Kier molecular flexibility index (Phi) is 10.9. The first-order valence-electron chi connectivity index (χ1n) is 21.5. The summed E-state index contributed by atoms with van der Waals surface area (Å²) in [7, 11) is 3.08. The van der Waals surface area contributed by atoms with E-state index in [0.717, 1.165) is 48.9 Å². The molecule has 1 saturated carbocycles. The Morgan fingerprint density at radius 3 is 2.38 bits per heavy atom. The van der Waals surface area contributed by atoms with Gasteiger partial charge in [-0.05, 0) is 100 Å². The van der Waals surface area contributed by atoms with Crippen LogP contribution in [0.15, 0.2) is 65.6 Å². The number of imidazole rings is 1. The van der Waals surface area contributed by atoms with Gasteiger partial charge in [0.05, 0.1) is 53.2 Å². The number of aromatic nitrogens is 4. The number of piperidine rings is 3. The van der Waals surface area contributed by atoms with Gasteiger partial charge in [0, 0.05) is 61.7 Å². The second-order valence-electron chi connectivity index (χ2n) is 17.7. The maximum Gasteiger partial charge on any atom is 0.416 e. The predicted molar refractivity (Wildman–Crippen MR) is 225 cm³/mol. The number of rotatable bonds is 8. The first-order valence-corrected chi connectivity index (χ1v) is 21.5. The van der Waals surface area contributed by atoms with Gasteiger partial charge in [-0.3, -0.25) is 38.4 Å². The molecule has 4 fully saturated rings. The minimum atomic E-state index is -4.59. The fourth-order valence-electron chi connectivity index (χ4n) is 10.4. The summed E-state index contributed by atoms with van der Waals surface area (Å²) in [5.41, 5.74) is 0.338. The third-order valence-electron chi connectivity index (χ3n) is 14.0. The molecule has 5 aromatic rings. The van der Waals surface area contributed by atoms with E-state index in [9.17, 15) is 32.3 Å². The van der Waals surface area contributed by atoms with Crippen molar-refractivity contribution in [1.29, 1.82) is 0 Å². The van der Waals surface area contributed by atoms with Gasteiger partial charge in [-0.15, -0.1) is 0 Å². The minimum Gasteiger partial charge on any atom is -0.494 e. The lowest BCUT2D eigenvalue weighted by atomic mass is 9.68. The fourth-order valence-corrected chi connectivity index (χ4v) is 10.4. The molecule has 3 aliphatic heterocycles. The molecule has 1 unspecified atom stereocenters. The standard InChI is InChI=1S/C45H49F5N8O5/c1-54-39-34(7-4-8-35(39)58(42(54)62)36-13-14-38(59)52-41(36)61)56-19-16-43(17-20-56)15-18-55(26-44(43,46)47)24-27-9-11-31(12-10-27)57-25-29-22-33(37(63-2)23-32(29)53-57)51-40(60)28-5-3-6-30(21-28)45(48,49)50/h3-8,21-23,25,27,31,36H,9-20,24,26H2,1-2H3,(H,51,60)(H,52,59,61). The monoisotopic (exact) mass is 876 g/mol. The van der Waals surface area contributed by atoms with Crippen LogP contribution in [0.4, 0.5) is 33.3 Å². The zero-order valence-electron chi connectivity index (χ0n) is 35.0. The molecule has 2 N–H and O–H groups in total. The maximum absolute atomic E-state index is 16.3. The molecule has 4 aliphatic rings. The number of halogens is 5. The number of ether oxygens (including phenoxy) is 1. The van der Waals surface area contributed by atoms with Crippen molar-refractivity contribution in [3.05, 3.63) is 82.4 Å². The summed E-state index contributed by atoms with van der Waals surface area (Å²) >= 11 is 0. The number of carbonyl (C=O) groups is 3. The topological polar surface area (TPSA) is 136 Å². The minimum absolute atomic E-state index is 0.0864. The summed E-state index contributed by atoms with van der Waals surface area (Å²) in [6.45, 7) is 1.71. The fraction of sp³-hybridized carbons (Fsp3) is 0.489. The smallest absolute Gasteiger partial charge is 0.416 e. The second kappa shape index (κ2) is 16.1. The van der Waals surface area contributed by atoms with E-state index in [4.69, 9.17) is 9.84 Å². The van der Waals surface area contributed by atoms with Gasteiger partial charge < -0.3 is 15.0 Å². The molecule has 1 spiro atoms. The SMILES string of the molecule is COc1cc2nn(C3CCC(CN4CCC5(CCN(c6cccc7c6n(C)c(=O)n7C6CCC(=O)NC6=O)CC5)C(F)(F)C4)CC3)cc2cc1NC(=O)c1cccc(C(F)(F)F)c1. The number of carbonyl (C=O) groups excluding carboxylic acids is 3. The quantitative estimate of drug-likeness (QED) is 0.123. The molecule has 3 aromatic carbocycles. The van der Waals surface area contributed by atoms with Crippen LogP contribution in [0.3, 0.4) is 0 Å². The van der Waals surface area contributed by atoms with Gasteiger partial charge in [0.25, 0.3) is 11.8 Å². The Morgan fingerprint density at radius 2 is 1.68 bits per heavy atom. The van der Waals surface area contributed by atoms with Gasteiger partial charge in [-0.25, -0.2) is 13.6 Å². The van der Waals surface area contributed by atoms with Gasteiger partial charge in [-0.2, -0.15) is 18.3 Å². The number of likely N-dealkylation sites (tertiary alicyclic amines) is 1. The largest absolute Gasteiger partial charge is 0.494 e. The molecule has 3 saturated heterocycles. The number of methoxy groups -OCH3 is 1. The van der Waals surface area contributed by atoms with Crippen molar-refractivity contribution in [2.45, 2.75) is 82.0 Å². The highest BCUT2D eigenvalue weighted by atomic mass is 19.4. The molecule has 3 amide bonds. The van der Waals surface area contributed by atoms with Gasteiger partial charge in [0.15, 0.2) is 0 Å². The number of hydrogen-bond donors (Lipinski definition) is 2. The van der Waals surface area contributed by atoms with Crippen LogP contribution in [0.25, 0.3) is 21.9 Å². The van der Waals surface area contributed by atoms with Gasteiger partial charge >= 0.3 is 11.9 Å². The molecule has 1 atom stereocenters. The summed E-state index contributed by atoms with van der Waals surface area (Å²) < 4.78 is 82.8. The average Bonchev–Trinajstić information content (AvgIpc) is 3.79. The Hall–Kier alpha value is -5.78. The Bertz CT molecular complexity index is 2660. The van der Waals surface area contributed by atoms with Crippen LogP contribution >= 0.6 is 0 Å². The number of hydrogen-bond acceptors (Lipinski definition) is 8. The van der Waals surface area contributed by atoms with Crippen LogP contribution in [0.5, 0.6) is 5.75 Å². The lowest BCUT2D eigenvalue weighted by Gasteiger charge is -2.52. The molecule has 63 heavy (non-hydrogen) atoms. The summed E-state index contributed by atoms with van der Waals surface area (Å²) in [5, 5.41) is 10.5. The van der Waals surface area contributed by atoms with E-state index in [2.05, 4.69) is 15.5 Å². The van der Waals surface area contributed by atoms with E-state index in [0.29, 0.717) is 73.4 Å². The molecule has 18 heteroatoms. The molecule has 5 heterocycles. The summed E-state index contributed by atoms with van der Waals surface area (Å²) in [6.07, 6.45) is 2.00. The summed E-state index contributed by atoms with van der Waals surface area (Å²) in [5.74, 6) is -3.90. The highest BCUT2D eigenvalue weighted by Gasteiger charge is 2.57. The van der Waals surface area contributed by atoms with Gasteiger partial charge in [0.1, 0.15) is 11.8 Å². The van der Waals surface area contributed by atoms with E-state index >= 15 is 8.78 Å². The molecule has 1 aliphatic carbocycles. The number of nitrogens with one attached hydrogen (secondary N) is 2. The van der Waals surface area contributed by atoms with Crippen molar-refractivity contribution in [1.82, 2.24) is 29.1 Å². The average molecular weight is 877 g/mol. The lowest BCUT2D eigenvalue weighted by Crippen LogP contribution is -2.59. The van der Waals surface area contributed by atoms with Crippen molar-refractivity contribution < 1.29 is 41.1 Å². The van der Waals surface area contributed by atoms with Crippen LogP contribution < -0.4 is 26.0 Å². The number of nitrogens with zero attached hydrogens (tertiary/aromatic N) is 6. The molecule has 0 bridgehead atoms. The van der Waals surface area contributed by atoms with E-state index in [1.165, 1.54) is 28.4 Å². The third-order valence-corrected chi connectivity index (χ3v) is 14.0. The van der Waals surface area contributed by atoms with Crippen LogP contribution in [0.1, 0.15) is 85.8 Å². The zero-order valence-corrected chi connectivity index (χ0v) is 35.0. The molecular formula is C45H49F5N8O5. The predicted octanol–water partition coefficient (Wildman–Crippen LogP) is 7.31. The van der Waals surface area contributed by atoms with Crippen molar-refractivity contribution in [2.75, 3.05) is 50.1 Å². The van der Waals surface area contributed by atoms with Crippen LogP contribution in [0.2, 0.25) is 0 Å². The number of alkyl halides is 5. The van der Waals surface area contributed by atoms with E-state index in [1.54, 1.807) is 25.2 Å². The third kappa shape index (κ3) is 7.84. The number of anilines is 2. The number of amides is 3. The highest BCUT2D eigenvalue weighted by Crippen LogP contribution is 2.52. The van der Waals surface area contributed by atoms with Crippen molar-refractivity contribution >= 4 is 51.0 Å². The Labute approximate surface area is 359 Å². The van der Waals surface area contributed by atoms with Crippen molar-refractivity contribution in [3.63, 3.8) is 0 Å². The molecule has 0 radical (unpaired) electrons. The molecule has 334 valence electrons. The number of imide groups is 1. The molecule has 13 nitrogen and oxygen atoms in total. The van der Waals surface area contributed by atoms with E-state index in [-0.39, 0.29) is 48.5 Å². The number of fused-ring (bicyclic) bond motifs is 2. The van der Waals surface area contributed by atoms with Crippen molar-refractivity contribution in [2.24, 2.45) is 18.4 Å².